The summed E-state index contributed by atoms with van der Waals surface area (Å²) in [5, 5.41) is 7.63. The second kappa shape index (κ2) is 14.3. The van der Waals surface area contributed by atoms with Crippen LogP contribution in [0.25, 0.3) is 0 Å². The number of alkyl halides is 3. The van der Waals surface area contributed by atoms with Crippen LogP contribution < -0.4 is 0 Å². The Morgan fingerprint density at radius 2 is 1.81 bits per heavy atom. The lowest BCUT2D eigenvalue weighted by Gasteiger charge is -2.20. The largest absolute Gasteiger partial charge is 0.416 e. The normalized spacial score (nSPS) is 14.5. The molecular weight excluding hydrogens is 471 g/mol. The van der Waals surface area contributed by atoms with Crippen LogP contribution in [-0.4, -0.2) is 18.6 Å². The minimum absolute atomic E-state index is 0.00163. The number of rotatable bonds is 12. The second-order valence-electron chi connectivity index (χ2n) is 8.07. The third kappa shape index (κ3) is 8.40. The van der Waals surface area contributed by atoms with E-state index >= 15 is 0 Å². The predicted octanol–water partition coefficient (Wildman–Crippen LogP) is 9.19. The quantitative estimate of drug-likeness (QED) is 0.127. The van der Waals surface area contributed by atoms with Crippen LogP contribution in [0, 0.1) is 17.0 Å². The van der Waals surface area contributed by atoms with E-state index in [4.69, 9.17) is 5.41 Å². The maximum atomic E-state index is 14.5. The lowest BCUT2D eigenvalue weighted by atomic mass is 9.88. The van der Waals surface area contributed by atoms with Gasteiger partial charge in [0.25, 0.3) is 0 Å². The first kappa shape index (κ1) is 30.7. The number of nitrogens with one attached hydrogen (secondary N) is 1. The molecule has 0 aromatic heterocycles. The molecule has 1 N–H and O–H groups in total. The fourth-order valence-electron chi connectivity index (χ4n) is 3.62. The van der Waals surface area contributed by atoms with Gasteiger partial charge in [-0.15, -0.1) is 0 Å². The first-order chi connectivity index (χ1) is 16.9. The Labute approximate surface area is 210 Å². The minimum Gasteiger partial charge on any atom is -0.308 e. The summed E-state index contributed by atoms with van der Waals surface area (Å²) in [5.41, 5.74) is 1.98. The standard InChI is InChI=1S/C29H33F5N2/c1-7-12-24(29(32,33)34)17-23(28(36-10-4)25(9-3)20(6)18-35)16-22(19(5)8-2)15-21-13-11-14-26(30)27(21)31/h7,10-14,17-18,35H,1,6,8-9,15-16H2,2-5H3/b22-19+,23-17+,24-12+,28-25?,35-18?,36-10-. The maximum absolute atomic E-state index is 14.5. The van der Waals surface area contributed by atoms with E-state index < -0.39 is 23.4 Å². The lowest BCUT2D eigenvalue weighted by Crippen LogP contribution is -2.12. The molecule has 7 heteroatoms. The summed E-state index contributed by atoms with van der Waals surface area (Å²) in [6.45, 7) is 14.4. The zero-order valence-electron chi connectivity index (χ0n) is 21.2. The van der Waals surface area contributed by atoms with E-state index in [0.717, 1.165) is 36.1 Å². The van der Waals surface area contributed by atoms with Crippen molar-refractivity contribution >= 4 is 12.4 Å². The number of aliphatic imine (C=N–C) groups is 1. The molecule has 0 saturated heterocycles. The molecule has 0 spiro atoms. The van der Waals surface area contributed by atoms with Gasteiger partial charge in [-0.1, -0.05) is 62.4 Å². The zero-order valence-corrected chi connectivity index (χ0v) is 21.2. The van der Waals surface area contributed by atoms with E-state index in [2.05, 4.69) is 18.2 Å². The molecule has 0 atom stereocenters. The van der Waals surface area contributed by atoms with Crippen LogP contribution in [0.5, 0.6) is 0 Å². The van der Waals surface area contributed by atoms with Gasteiger partial charge in [-0.05, 0) is 74.0 Å². The van der Waals surface area contributed by atoms with Crippen molar-refractivity contribution in [2.75, 3.05) is 0 Å². The fraction of sp³-hybridized carbons (Fsp3) is 0.310. The molecule has 0 bridgehead atoms. The highest BCUT2D eigenvalue weighted by Gasteiger charge is 2.32. The van der Waals surface area contributed by atoms with Crippen molar-refractivity contribution in [3.63, 3.8) is 0 Å². The molecule has 0 aliphatic heterocycles. The van der Waals surface area contributed by atoms with Gasteiger partial charge in [-0.3, -0.25) is 4.99 Å². The van der Waals surface area contributed by atoms with E-state index in [1.807, 2.05) is 13.8 Å². The second-order valence-corrected chi connectivity index (χ2v) is 8.07. The molecule has 194 valence electrons. The van der Waals surface area contributed by atoms with Crippen LogP contribution in [0.4, 0.5) is 22.0 Å². The summed E-state index contributed by atoms with van der Waals surface area (Å²) in [5.74, 6) is -1.97. The Kier molecular flexibility index (Phi) is 12.2. The van der Waals surface area contributed by atoms with Gasteiger partial charge in [-0.25, -0.2) is 8.78 Å². The van der Waals surface area contributed by atoms with Gasteiger partial charge in [0, 0.05) is 12.4 Å². The molecule has 2 nitrogen and oxygen atoms in total. The molecule has 0 unspecified atom stereocenters. The van der Waals surface area contributed by atoms with Crippen LogP contribution in [0.2, 0.25) is 0 Å². The van der Waals surface area contributed by atoms with Gasteiger partial charge >= 0.3 is 6.18 Å². The van der Waals surface area contributed by atoms with E-state index in [9.17, 15) is 22.0 Å². The Hall–Kier alpha value is -3.35. The van der Waals surface area contributed by atoms with Crippen molar-refractivity contribution in [1.29, 1.82) is 5.41 Å². The Bertz CT molecular complexity index is 1130. The van der Waals surface area contributed by atoms with Gasteiger partial charge in [0.1, 0.15) is 0 Å². The SMILES string of the molecule is C=C/C=C(\C=C(/C/C(Cc1cccc(F)c1F)=C(\C)CC)C(/N=C\C)=C(CC)C(=C)C=N)C(F)(F)F. The third-order valence-corrected chi connectivity index (χ3v) is 5.69. The highest BCUT2D eigenvalue weighted by atomic mass is 19.4. The van der Waals surface area contributed by atoms with Crippen molar-refractivity contribution in [1.82, 2.24) is 0 Å². The Morgan fingerprint density at radius 1 is 1.14 bits per heavy atom. The van der Waals surface area contributed by atoms with Crippen molar-refractivity contribution in [3.8, 4) is 0 Å². The van der Waals surface area contributed by atoms with Gasteiger partial charge in [0.15, 0.2) is 11.6 Å². The van der Waals surface area contributed by atoms with Crippen LogP contribution in [0.1, 0.15) is 52.5 Å². The molecule has 0 fully saturated rings. The van der Waals surface area contributed by atoms with Crippen LogP contribution >= 0.6 is 0 Å². The van der Waals surface area contributed by atoms with Crippen LogP contribution in [0.15, 0.2) is 93.7 Å². The average Bonchev–Trinajstić information content (AvgIpc) is 2.83. The summed E-state index contributed by atoms with van der Waals surface area (Å²) in [4.78, 5) is 4.38. The van der Waals surface area contributed by atoms with Crippen molar-refractivity contribution < 1.29 is 22.0 Å². The van der Waals surface area contributed by atoms with Crippen molar-refractivity contribution in [2.24, 2.45) is 4.99 Å². The average molecular weight is 505 g/mol. The number of hydrogen-bond acceptors (Lipinski definition) is 2. The summed E-state index contributed by atoms with van der Waals surface area (Å²) >= 11 is 0. The summed E-state index contributed by atoms with van der Waals surface area (Å²) in [7, 11) is 0. The maximum Gasteiger partial charge on any atom is 0.416 e. The molecule has 1 aromatic carbocycles. The van der Waals surface area contributed by atoms with Gasteiger partial charge in [0.05, 0.1) is 11.3 Å². The highest BCUT2D eigenvalue weighted by molar-refractivity contribution is 5.82. The van der Waals surface area contributed by atoms with Crippen LogP contribution in [-0.2, 0) is 6.42 Å². The first-order valence-electron chi connectivity index (χ1n) is 11.6. The molecule has 0 aliphatic rings. The molecule has 0 aliphatic carbocycles. The molecule has 0 amide bonds. The molecule has 1 aromatic rings. The minimum atomic E-state index is -4.66. The van der Waals surface area contributed by atoms with E-state index in [-0.39, 0.29) is 29.7 Å². The molecule has 1 rings (SSSR count). The monoisotopic (exact) mass is 504 g/mol. The van der Waals surface area contributed by atoms with Gasteiger partial charge in [0.2, 0.25) is 0 Å². The molecule has 0 radical (unpaired) electrons. The molecule has 0 saturated carbocycles. The zero-order chi connectivity index (χ0) is 27.5. The van der Waals surface area contributed by atoms with Gasteiger partial charge in [-0.2, -0.15) is 13.2 Å². The topological polar surface area (TPSA) is 36.2 Å². The van der Waals surface area contributed by atoms with E-state index in [0.29, 0.717) is 29.6 Å². The van der Waals surface area contributed by atoms with Crippen LogP contribution in [0.3, 0.4) is 0 Å². The number of allylic oxidation sites excluding steroid dienone is 9. The third-order valence-electron chi connectivity index (χ3n) is 5.69. The summed E-state index contributed by atoms with van der Waals surface area (Å²) in [6, 6.07) is 3.87. The first-order valence-corrected chi connectivity index (χ1v) is 11.6. The van der Waals surface area contributed by atoms with E-state index in [1.54, 1.807) is 13.8 Å². The molecule has 0 heterocycles. The van der Waals surface area contributed by atoms with Gasteiger partial charge < -0.3 is 5.41 Å². The number of nitrogens with zero attached hydrogens (tertiary/aromatic N) is 1. The highest BCUT2D eigenvalue weighted by Crippen LogP contribution is 2.35. The lowest BCUT2D eigenvalue weighted by molar-refractivity contribution is -0.0882. The number of benzene rings is 1. The number of halogens is 5. The summed E-state index contributed by atoms with van der Waals surface area (Å²) in [6.07, 6.45) is 1.71. The predicted molar refractivity (Wildman–Crippen MR) is 139 cm³/mol. The van der Waals surface area contributed by atoms with E-state index in [1.165, 1.54) is 18.3 Å². The molecule has 36 heavy (non-hydrogen) atoms. The van der Waals surface area contributed by atoms with Crippen molar-refractivity contribution in [2.45, 2.75) is 59.6 Å². The Morgan fingerprint density at radius 3 is 2.31 bits per heavy atom. The smallest absolute Gasteiger partial charge is 0.308 e. The fourth-order valence-corrected chi connectivity index (χ4v) is 3.62. The number of hydrogen-bond donors (Lipinski definition) is 1. The molecular formula is C29H33F5N2. The Balaban J connectivity index is 3.95. The van der Waals surface area contributed by atoms with Crippen molar-refractivity contribution in [3.05, 3.63) is 106 Å². The summed E-state index contributed by atoms with van der Waals surface area (Å²) < 4.78 is 69.9.